The van der Waals surface area contributed by atoms with Crippen LogP contribution >= 0.6 is 0 Å². The summed E-state index contributed by atoms with van der Waals surface area (Å²) in [4.78, 5) is 12.1. The van der Waals surface area contributed by atoms with Gasteiger partial charge < -0.3 is 4.74 Å². The van der Waals surface area contributed by atoms with E-state index in [9.17, 15) is 4.79 Å². The lowest BCUT2D eigenvalue weighted by Crippen LogP contribution is -2.24. The van der Waals surface area contributed by atoms with Gasteiger partial charge >= 0.3 is 5.97 Å². The molecule has 0 N–H and O–H groups in total. The number of hydrogen-bond acceptors (Lipinski definition) is 2. The van der Waals surface area contributed by atoms with Gasteiger partial charge in [-0.1, -0.05) is 88.1 Å². The second-order valence-electron chi connectivity index (χ2n) is 11.6. The van der Waals surface area contributed by atoms with E-state index < -0.39 is 0 Å². The Balaban J connectivity index is 1.23. The number of carbonyl (C=O) groups excluding carboxylic acids is 1. The molecule has 2 nitrogen and oxygen atoms in total. The van der Waals surface area contributed by atoms with E-state index >= 15 is 0 Å². The molecule has 0 aromatic heterocycles. The van der Waals surface area contributed by atoms with Crippen LogP contribution in [0.4, 0.5) is 0 Å². The van der Waals surface area contributed by atoms with Gasteiger partial charge in [-0.2, -0.15) is 0 Å². The third-order valence-electron chi connectivity index (χ3n) is 8.88. The van der Waals surface area contributed by atoms with Gasteiger partial charge in [-0.05, 0) is 104 Å². The van der Waals surface area contributed by atoms with Crippen molar-refractivity contribution in [2.24, 2.45) is 17.8 Å². The minimum absolute atomic E-state index is 0.0285. The molecule has 0 unspecified atom stereocenters. The van der Waals surface area contributed by atoms with Gasteiger partial charge in [0.05, 0.1) is 12.5 Å². The molecule has 0 heterocycles. The maximum atomic E-state index is 12.1. The third-order valence-corrected chi connectivity index (χ3v) is 8.88. The molecular weight excluding hydrogens is 440 g/mol. The Morgan fingerprint density at radius 1 is 0.722 bits per heavy atom. The molecule has 4 rings (SSSR count). The van der Waals surface area contributed by atoms with Crippen LogP contribution in [0.25, 0.3) is 11.1 Å². The van der Waals surface area contributed by atoms with Gasteiger partial charge in [-0.15, -0.1) is 0 Å². The fourth-order valence-electron chi connectivity index (χ4n) is 6.50. The smallest absolute Gasteiger partial charge is 0.308 e. The third kappa shape index (κ3) is 7.70. The molecule has 2 aliphatic carbocycles. The number of hydrogen-bond donors (Lipinski definition) is 0. The van der Waals surface area contributed by atoms with E-state index in [1.807, 2.05) is 6.92 Å². The van der Waals surface area contributed by atoms with Crippen LogP contribution in [0.2, 0.25) is 0 Å². The second-order valence-corrected chi connectivity index (χ2v) is 11.6. The van der Waals surface area contributed by atoms with E-state index in [0.717, 1.165) is 50.4 Å². The van der Waals surface area contributed by atoms with E-state index in [-0.39, 0.29) is 11.9 Å². The van der Waals surface area contributed by atoms with Crippen molar-refractivity contribution in [2.75, 3.05) is 6.61 Å². The van der Waals surface area contributed by atoms with Crippen LogP contribution in [0, 0.1) is 17.8 Å². The van der Waals surface area contributed by atoms with Crippen molar-refractivity contribution < 1.29 is 9.53 Å². The molecule has 0 atom stereocenters. The SMILES string of the molecule is CCCCCC1CCC(c2ccc(-c3ccc(CC4CCC(C(=O)OCCC)CC4)cc3)cc2)CC1. The van der Waals surface area contributed by atoms with Crippen LogP contribution in [0.15, 0.2) is 48.5 Å². The van der Waals surface area contributed by atoms with Crippen molar-refractivity contribution in [3.05, 3.63) is 59.7 Å². The molecule has 36 heavy (non-hydrogen) atoms. The molecule has 0 bridgehead atoms. The Bertz CT molecular complexity index is 897. The molecule has 2 saturated carbocycles. The predicted molar refractivity (Wildman–Crippen MR) is 151 cm³/mol. The van der Waals surface area contributed by atoms with E-state index in [0.29, 0.717) is 12.5 Å². The molecule has 2 heteroatoms. The Morgan fingerprint density at radius 3 is 1.94 bits per heavy atom. The maximum absolute atomic E-state index is 12.1. The molecule has 2 fully saturated rings. The Hall–Kier alpha value is -2.09. The Morgan fingerprint density at radius 2 is 1.33 bits per heavy atom. The summed E-state index contributed by atoms with van der Waals surface area (Å²) in [5.41, 5.74) is 5.59. The topological polar surface area (TPSA) is 26.3 Å². The first kappa shape index (κ1) is 27.0. The van der Waals surface area contributed by atoms with Gasteiger partial charge in [0.25, 0.3) is 0 Å². The minimum Gasteiger partial charge on any atom is -0.465 e. The van der Waals surface area contributed by atoms with Crippen molar-refractivity contribution in [1.82, 2.24) is 0 Å². The largest absolute Gasteiger partial charge is 0.465 e. The summed E-state index contributed by atoms with van der Waals surface area (Å²) in [5.74, 6) is 2.57. The summed E-state index contributed by atoms with van der Waals surface area (Å²) in [6.45, 7) is 4.91. The average molecular weight is 489 g/mol. The van der Waals surface area contributed by atoms with E-state index in [1.54, 1.807) is 0 Å². The van der Waals surface area contributed by atoms with Crippen LogP contribution in [0.5, 0.6) is 0 Å². The van der Waals surface area contributed by atoms with Gasteiger partial charge in [0.2, 0.25) is 0 Å². The van der Waals surface area contributed by atoms with E-state index in [4.69, 9.17) is 4.74 Å². The van der Waals surface area contributed by atoms with Gasteiger partial charge in [-0.3, -0.25) is 4.79 Å². The van der Waals surface area contributed by atoms with Crippen molar-refractivity contribution in [1.29, 1.82) is 0 Å². The summed E-state index contributed by atoms with van der Waals surface area (Å²) in [5, 5.41) is 0. The number of unbranched alkanes of at least 4 members (excludes halogenated alkanes) is 2. The number of carbonyl (C=O) groups is 1. The van der Waals surface area contributed by atoms with Crippen LogP contribution < -0.4 is 0 Å². The van der Waals surface area contributed by atoms with Gasteiger partial charge in [0.15, 0.2) is 0 Å². The van der Waals surface area contributed by atoms with Crippen molar-refractivity contribution >= 4 is 5.97 Å². The van der Waals surface area contributed by atoms with E-state index in [2.05, 4.69) is 55.5 Å². The number of rotatable bonds is 11. The summed E-state index contributed by atoms with van der Waals surface area (Å²) in [6, 6.07) is 18.6. The molecule has 0 saturated heterocycles. The normalized spacial score (nSPS) is 24.4. The highest BCUT2D eigenvalue weighted by atomic mass is 16.5. The standard InChI is InChI=1S/C34H48O2/c1-3-5-6-7-26-8-14-29(15-9-26)31-20-22-32(23-21-31)30-16-10-27(11-17-30)25-28-12-18-33(19-13-28)34(35)36-24-4-2/h10-11,16-17,20-23,26,28-29,33H,3-9,12-15,18-19,24-25H2,1-2H3. The molecular formula is C34H48O2. The number of ether oxygens (including phenoxy) is 1. The molecule has 0 radical (unpaired) electrons. The fourth-order valence-corrected chi connectivity index (χ4v) is 6.50. The molecule has 2 aromatic rings. The second kappa shape index (κ2) is 14.0. The lowest BCUT2D eigenvalue weighted by molar-refractivity contribution is -0.150. The molecule has 0 aliphatic heterocycles. The Kier molecular flexibility index (Phi) is 10.5. The number of benzene rings is 2. The highest BCUT2D eigenvalue weighted by molar-refractivity contribution is 5.72. The van der Waals surface area contributed by atoms with E-state index in [1.165, 1.54) is 73.6 Å². The summed E-state index contributed by atoms with van der Waals surface area (Å²) in [6.07, 6.45) is 17.5. The highest BCUT2D eigenvalue weighted by Gasteiger charge is 2.27. The van der Waals surface area contributed by atoms with Crippen LogP contribution in [-0.4, -0.2) is 12.6 Å². The monoisotopic (exact) mass is 488 g/mol. The lowest BCUT2D eigenvalue weighted by atomic mass is 9.77. The van der Waals surface area contributed by atoms with Gasteiger partial charge in [0, 0.05) is 0 Å². The first-order chi connectivity index (χ1) is 17.7. The summed E-state index contributed by atoms with van der Waals surface area (Å²) < 4.78 is 5.36. The maximum Gasteiger partial charge on any atom is 0.308 e. The van der Waals surface area contributed by atoms with Gasteiger partial charge in [-0.25, -0.2) is 0 Å². The molecule has 0 amide bonds. The first-order valence-corrected chi connectivity index (χ1v) is 15.0. The zero-order valence-electron chi connectivity index (χ0n) is 22.9. The average Bonchev–Trinajstić information content (AvgIpc) is 2.93. The molecule has 0 spiro atoms. The zero-order chi connectivity index (χ0) is 25.2. The summed E-state index contributed by atoms with van der Waals surface area (Å²) >= 11 is 0. The Labute approximate surface area is 220 Å². The molecule has 2 aromatic carbocycles. The quantitative estimate of drug-likeness (QED) is 0.232. The van der Waals surface area contributed by atoms with Crippen molar-refractivity contribution in [3.63, 3.8) is 0 Å². The molecule has 196 valence electrons. The highest BCUT2D eigenvalue weighted by Crippen LogP contribution is 2.38. The minimum atomic E-state index is 0.0285. The van der Waals surface area contributed by atoms with Crippen LogP contribution in [0.1, 0.15) is 114 Å². The van der Waals surface area contributed by atoms with Crippen LogP contribution in [0.3, 0.4) is 0 Å². The summed E-state index contributed by atoms with van der Waals surface area (Å²) in [7, 11) is 0. The van der Waals surface area contributed by atoms with Gasteiger partial charge in [0.1, 0.15) is 0 Å². The predicted octanol–water partition coefficient (Wildman–Crippen LogP) is 9.51. The van der Waals surface area contributed by atoms with Crippen molar-refractivity contribution in [3.8, 4) is 11.1 Å². The first-order valence-electron chi connectivity index (χ1n) is 15.0. The fraction of sp³-hybridized carbons (Fsp3) is 0.618. The molecule has 2 aliphatic rings. The number of esters is 1. The van der Waals surface area contributed by atoms with Crippen LogP contribution in [-0.2, 0) is 16.0 Å². The zero-order valence-corrected chi connectivity index (χ0v) is 22.9. The van der Waals surface area contributed by atoms with Crippen molar-refractivity contribution in [2.45, 2.75) is 110 Å². The lowest BCUT2D eigenvalue weighted by Gasteiger charge is -2.29.